The first-order valence-electron chi connectivity index (χ1n) is 10.1. The number of aliphatic hydroxyl groups excluding tert-OH is 1. The van der Waals surface area contributed by atoms with Gasteiger partial charge in [-0.1, -0.05) is 60.7 Å². The van der Waals surface area contributed by atoms with Crippen molar-refractivity contribution in [2.45, 2.75) is 50.0 Å². The third-order valence-electron chi connectivity index (χ3n) is 5.93. The van der Waals surface area contributed by atoms with E-state index in [1.54, 1.807) is 0 Å². The molecule has 2 atom stereocenters. The Kier molecular flexibility index (Phi) is 5.76. The van der Waals surface area contributed by atoms with E-state index >= 15 is 0 Å². The van der Waals surface area contributed by atoms with Crippen LogP contribution >= 0.6 is 0 Å². The molecule has 1 spiro atoms. The highest BCUT2D eigenvalue weighted by molar-refractivity contribution is 5.86. The van der Waals surface area contributed by atoms with Crippen molar-refractivity contribution in [1.29, 1.82) is 0 Å². The number of ether oxygens (including phenoxy) is 1. The van der Waals surface area contributed by atoms with Gasteiger partial charge in [-0.2, -0.15) is 0 Å². The van der Waals surface area contributed by atoms with Crippen molar-refractivity contribution in [2.24, 2.45) is 0 Å². The van der Waals surface area contributed by atoms with Gasteiger partial charge in [-0.25, -0.2) is 0 Å². The van der Waals surface area contributed by atoms with Crippen molar-refractivity contribution in [3.8, 4) is 0 Å². The van der Waals surface area contributed by atoms with Gasteiger partial charge in [-0.15, -0.1) is 0 Å². The minimum Gasteiger partial charge on any atom is -0.391 e. The Hall–Kier alpha value is -2.21. The van der Waals surface area contributed by atoms with Gasteiger partial charge in [0, 0.05) is 19.4 Å². The summed E-state index contributed by atoms with van der Waals surface area (Å²) in [6.07, 6.45) is 2.08. The van der Waals surface area contributed by atoms with Crippen molar-refractivity contribution >= 4 is 5.91 Å². The maximum Gasteiger partial charge on any atom is 0.244 e. The fourth-order valence-corrected chi connectivity index (χ4v) is 4.31. The number of hydrogen-bond acceptors (Lipinski definition) is 4. The lowest BCUT2D eigenvalue weighted by Gasteiger charge is -2.41. The molecule has 0 bridgehead atoms. The van der Waals surface area contributed by atoms with E-state index in [0.717, 1.165) is 24.8 Å². The molecule has 5 nitrogen and oxygen atoms in total. The zero-order chi connectivity index (χ0) is 19.4. The largest absolute Gasteiger partial charge is 0.391 e. The smallest absolute Gasteiger partial charge is 0.244 e. The highest BCUT2D eigenvalue weighted by Gasteiger charge is 2.52. The summed E-state index contributed by atoms with van der Waals surface area (Å²) in [4.78, 5) is 15.2. The van der Waals surface area contributed by atoms with Gasteiger partial charge in [-0.3, -0.25) is 10.1 Å². The van der Waals surface area contributed by atoms with Crippen LogP contribution in [0.3, 0.4) is 0 Å². The Labute approximate surface area is 166 Å². The van der Waals surface area contributed by atoms with Crippen LogP contribution in [-0.2, 0) is 22.5 Å². The standard InChI is InChI=1S/C23H28N2O3/c26-20(12-11-18-7-3-1-4-8-18)21-22(27)25(17-19-9-5-2-6-10-19)23(24-21)13-15-28-16-14-23/h1-10,20-21,24,26H,11-17H2/t20-,21+/m1/s1. The third kappa shape index (κ3) is 3.97. The predicted molar refractivity (Wildman–Crippen MR) is 107 cm³/mol. The average Bonchev–Trinajstić information content (AvgIpc) is 3.00. The molecule has 0 unspecified atom stereocenters. The Morgan fingerprint density at radius 1 is 1.04 bits per heavy atom. The van der Waals surface area contributed by atoms with Crippen LogP contribution in [-0.4, -0.2) is 46.9 Å². The van der Waals surface area contributed by atoms with Crippen LogP contribution in [0.1, 0.15) is 30.4 Å². The number of carbonyl (C=O) groups is 1. The molecule has 4 rings (SSSR count). The summed E-state index contributed by atoms with van der Waals surface area (Å²) in [5, 5.41) is 14.3. The fraction of sp³-hybridized carbons (Fsp3) is 0.435. The van der Waals surface area contributed by atoms with Crippen LogP contribution in [0.15, 0.2) is 60.7 Å². The van der Waals surface area contributed by atoms with Crippen LogP contribution in [0.25, 0.3) is 0 Å². The van der Waals surface area contributed by atoms with Crippen molar-refractivity contribution < 1.29 is 14.6 Å². The molecule has 2 aliphatic rings. The van der Waals surface area contributed by atoms with Gasteiger partial charge >= 0.3 is 0 Å². The predicted octanol–water partition coefficient (Wildman–Crippen LogP) is 2.49. The molecule has 0 radical (unpaired) electrons. The van der Waals surface area contributed by atoms with Crippen LogP contribution in [0, 0.1) is 0 Å². The highest BCUT2D eigenvalue weighted by Crippen LogP contribution is 2.34. The fourth-order valence-electron chi connectivity index (χ4n) is 4.31. The molecule has 148 valence electrons. The van der Waals surface area contributed by atoms with E-state index in [9.17, 15) is 9.90 Å². The van der Waals surface area contributed by atoms with E-state index in [0.29, 0.717) is 26.2 Å². The van der Waals surface area contributed by atoms with E-state index in [-0.39, 0.29) is 5.91 Å². The SMILES string of the molecule is O=C1[C@H]([C@H](O)CCc2ccccc2)NC2(CCOCC2)N1Cc1ccccc1. The quantitative estimate of drug-likeness (QED) is 0.808. The lowest BCUT2D eigenvalue weighted by molar-refractivity contribution is -0.136. The lowest BCUT2D eigenvalue weighted by Crippen LogP contribution is -2.56. The molecule has 2 aromatic rings. The van der Waals surface area contributed by atoms with Crippen LogP contribution in [0.5, 0.6) is 0 Å². The number of nitrogens with one attached hydrogen (secondary N) is 1. The van der Waals surface area contributed by atoms with Crippen molar-refractivity contribution in [1.82, 2.24) is 10.2 Å². The molecule has 5 heteroatoms. The number of rotatable bonds is 6. The molecular weight excluding hydrogens is 352 g/mol. The first-order valence-corrected chi connectivity index (χ1v) is 10.1. The Bertz CT molecular complexity index is 775. The molecule has 1 amide bonds. The summed E-state index contributed by atoms with van der Waals surface area (Å²) in [7, 11) is 0. The Balaban J connectivity index is 1.50. The molecule has 2 saturated heterocycles. The topological polar surface area (TPSA) is 61.8 Å². The van der Waals surface area contributed by atoms with Crippen molar-refractivity contribution in [3.05, 3.63) is 71.8 Å². The van der Waals surface area contributed by atoms with E-state index in [1.807, 2.05) is 53.4 Å². The molecule has 0 saturated carbocycles. The first-order chi connectivity index (χ1) is 13.7. The van der Waals surface area contributed by atoms with Gasteiger partial charge in [0.2, 0.25) is 5.91 Å². The van der Waals surface area contributed by atoms with E-state index in [1.165, 1.54) is 5.56 Å². The van der Waals surface area contributed by atoms with Gasteiger partial charge in [0.1, 0.15) is 6.04 Å². The third-order valence-corrected chi connectivity index (χ3v) is 5.93. The number of benzene rings is 2. The van der Waals surface area contributed by atoms with Gasteiger partial charge in [0.05, 0.1) is 25.0 Å². The Morgan fingerprint density at radius 3 is 2.29 bits per heavy atom. The number of aliphatic hydroxyl groups is 1. The molecule has 2 aliphatic heterocycles. The Morgan fingerprint density at radius 2 is 1.64 bits per heavy atom. The second-order valence-electron chi connectivity index (χ2n) is 7.77. The number of hydrogen-bond donors (Lipinski definition) is 2. The zero-order valence-corrected chi connectivity index (χ0v) is 16.1. The second kappa shape index (κ2) is 8.43. The molecule has 2 N–H and O–H groups in total. The van der Waals surface area contributed by atoms with Crippen molar-refractivity contribution in [3.63, 3.8) is 0 Å². The first kappa shape index (κ1) is 19.1. The monoisotopic (exact) mass is 380 g/mol. The van der Waals surface area contributed by atoms with E-state index in [2.05, 4.69) is 17.4 Å². The molecule has 28 heavy (non-hydrogen) atoms. The summed E-state index contributed by atoms with van der Waals surface area (Å²) in [5.74, 6) is -0.00804. The normalized spacial score (nSPS) is 22.5. The minimum atomic E-state index is -0.715. The molecule has 2 aromatic carbocycles. The molecule has 0 aliphatic carbocycles. The molecular formula is C23H28N2O3. The van der Waals surface area contributed by atoms with Crippen LogP contribution in [0.4, 0.5) is 0 Å². The minimum absolute atomic E-state index is 0.00804. The molecule has 2 fully saturated rings. The van der Waals surface area contributed by atoms with Crippen LogP contribution < -0.4 is 5.32 Å². The summed E-state index contributed by atoms with van der Waals surface area (Å²) in [6.45, 7) is 1.80. The molecule has 0 aromatic heterocycles. The summed E-state index contributed by atoms with van der Waals surface area (Å²) >= 11 is 0. The molecule has 2 heterocycles. The van der Waals surface area contributed by atoms with Gasteiger partial charge in [-0.05, 0) is 24.0 Å². The summed E-state index contributed by atoms with van der Waals surface area (Å²) in [5.41, 5.74) is 1.85. The van der Waals surface area contributed by atoms with Gasteiger partial charge < -0.3 is 14.7 Å². The van der Waals surface area contributed by atoms with Crippen LogP contribution in [0.2, 0.25) is 0 Å². The number of nitrogens with zero attached hydrogens (tertiary/aromatic N) is 1. The lowest BCUT2D eigenvalue weighted by atomic mass is 9.98. The van der Waals surface area contributed by atoms with Crippen molar-refractivity contribution in [2.75, 3.05) is 13.2 Å². The average molecular weight is 380 g/mol. The highest BCUT2D eigenvalue weighted by atomic mass is 16.5. The second-order valence-corrected chi connectivity index (χ2v) is 7.77. The van der Waals surface area contributed by atoms with Gasteiger partial charge in [0.25, 0.3) is 0 Å². The summed E-state index contributed by atoms with van der Waals surface area (Å²) < 4.78 is 5.55. The number of aryl methyl sites for hydroxylation is 1. The number of amides is 1. The summed E-state index contributed by atoms with van der Waals surface area (Å²) in [6, 6.07) is 19.6. The maximum absolute atomic E-state index is 13.3. The van der Waals surface area contributed by atoms with E-state index < -0.39 is 17.8 Å². The van der Waals surface area contributed by atoms with E-state index in [4.69, 9.17) is 4.74 Å². The number of carbonyl (C=O) groups excluding carboxylic acids is 1. The van der Waals surface area contributed by atoms with Gasteiger partial charge in [0.15, 0.2) is 0 Å². The zero-order valence-electron chi connectivity index (χ0n) is 16.1. The maximum atomic E-state index is 13.3.